The van der Waals surface area contributed by atoms with Crippen molar-refractivity contribution >= 4 is 29.5 Å². The molecule has 9 heteroatoms. The summed E-state index contributed by atoms with van der Waals surface area (Å²) in [5, 5.41) is 0.624. The lowest BCUT2D eigenvalue weighted by atomic mass is 10.1. The zero-order valence-corrected chi connectivity index (χ0v) is 23.7. The highest BCUT2D eigenvalue weighted by molar-refractivity contribution is 6.31. The van der Waals surface area contributed by atoms with Crippen LogP contribution in [0.1, 0.15) is 52.0 Å². The lowest BCUT2D eigenvalue weighted by Gasteiger charge is -2.42. The third-order valence-corrected chi connectivity index (χ3v) is 7.71. The summed E-state index contributed by atoms with van der Waals surface area (Å²) >= 11 is 6.54. The van der Waals surface area contributed by atoms with E-state index >= 15 is 0 Å². The maximum Gasteiger partial charge on any atom is 0.410 e. The summed E-state index contributed by atoms with van der Waals surface area (Å²) < 4.78 is 17.5. The van der Waals surface area contributed by atoms with E-state index in [-0.39, 0.29) is 37.0 Å². The fraction of sp³-hybridized carbons (Fsp3) is 0.533. The lowest BCUT2D eigenvalue weighted by molar-refractivity contribution is 0.0209. The van der Waals surface area contributed by atoms with E-state index in [1.165, 1.54) is 0 Å². The number of piperazine rings is 1. The van der Waals surface area contributed by atoms with Crippen molar-refractivity contribution in [2.75, 3.05) is 31.1 Å². The topological polar surface area (TPSA) is 71.6 Å². The Bertz CT molecular complexity index is 1150. The minimum Gasteiger partial charge on any atom is -0.490 e. The van der Waals surface area contributed by atoms with E-state index in [9.17, 15) is 9.59 Å². The van der Waals surface area contributed by atoms with E-state index in [4.69, 9.17) is 25.8 Å². The highest BCUT2D eigenvalue weighted by Crippen LogP contribution is 2.38. The van der Waals surface area contributed by atoms with Crippen LogP contribution in [0, 0.1) is 0 Å². The molecule has 2 aromatic carbocycles. The summed E-state index contributed by atoms with van der Waals surface area (Å²) in [4.78, 5) is 31.2. The number of likely N-dealkylation sites (tertiary alicyclic amines) is 2. The Kier molecular flexibility index (Phi) is 8.12. The summed E-state index contributed by atoms with van der Waals surface area (Å²) in [6.07, 6.45) is 2.95. The molecule has 0 radical (unpaired) electrons. The molecule has 3 aliphatic rings. The Hall–Kier alpha value is -3.13. The zero-order valence-electron chi connectivity index (χ0n) is 23.0. The molecule has 2 atom stereocenters. The molecular weight excluding hydrogens is 518 g/mol. The molecule has 2 aromatic rings. The number of ether oxygens (including phenoxy) is 3. The summed E-state index contributed by atoms with van der Waals surface area (Å²) in [6.45, 7) is 8.39. The van der Waals surface area contributed by atoms with Gasteiger partial charge in [0, 0.05) is 67.9 Å². The Morgan fingerprint density at radius 2 is 1.56 bits per heavy atom. The van der Waals surface area contributed by atoms with Gasteiger partial charge in [-0.1, -0.05) is 41.9 Å². The van der Waals surface area contributed by atoms with Crippen molar-refractivity contribution in [3.8, 4) is 5.75 Å². The molecule has 0 unspecified atom stereocenters. The molecule has 210 valence electrons. The number of piperidine rings is 1. The average molecular weight is 556 g/mol. The zero-order chi connectivity index (χ0) is 27.6. The normalized spacial score (nSPS) is 21.6. The van der Waals surface area contributed by atoms with Gasteiger partial charge >= 0.3 is 12.2 Å². The molecule has 8 nitrogen and oxygen atoms in total. The Morgan fingerprint density at radius 3 is 2.21 bits per heavy atom. The minimum absolute atomic E-state index is 0.00442. The van der Waals surface area contributed by atoms with Gasteiger partial charge in [-0.05, 0) is 51.3 Å². The third-order valence-electron chi connectivity index (χ3n) is 7.50. The number of hydrogen-bond acceptors (Lipinski definition) is 6. The van der Waals surface area contributed by atoms with Crippen molar-refractivity contribution in [2.45, 2.75) is 76.9 Å². The predicted molar refractivity (Wildman–Crippen MR) is 150 cm³/mol. The van der Waals surface area contributed by atoms with E-state index in [1.54, 1.807) is 4.90 Å². The van der Waals surface area contributed by atoms with Gasteiger partial charge in [-0.15, -0.1) is 0 Å². The van der Waals surface area contributed by atoms with Crippen LogP contribution in [0.5, 0.6) is 5.75 Å². The van der Waals surface area contributed by atoms with Crippen molar-refractivity contribution in [3.63, 3.8) is 0 Å². The van der Waals surface area contributed by atoms with Gasteiger partial charge in [0.05, 0.1) is 0 Å². The van der Waals surface area contributed by atoms with E-state index in [2.05, 4.69) is 11.0 Å². The molecule has 0 spiro atoms. The van der Waals surface area contributed by atoms with Crippen LogP contribution >= 0.6 is 11.6 Å². The number of amides is 2. The van der Waals surface area contributed by atoms with Crippen molar-refractivity contribution in [2.24, 2.45) is 0 Å². The van der Waals surface area contributed by atoms with Crippen LogP contribution in [0.3, 0.4) is 0 Å². The smallest absolute Gasteiger partial charge is 0.410 e. The maximum atomic E-state index is 12.7. The van der Waals surface area contributed by atoms with Crippen molar-refractivity contribution < 1.29 is 23.8 Å². The molecule has 0 N–H and O–H groups in total. The quantitative estimate of drug-likeness (QED) is 0.443. The standard InChI is InChI=1S/C30H38ClN3O5/c1-30(2,3)39-29(36)33-18-23-9-10-24(19-33)34(23)25-15-22(31)16-27(17-25)38-26-11-13-32(14-12-26)28(35)37-20-21-7-5-4-6-8-21/h4-8,15-17,23-24,26H,9-14,18-20H2,1-3H3/t23-,24+. The summed E-state index contributed by atoms with van der Waals surface area (Å²) in [7, 11) is 0. The van der Waals surface area contributed by atoms with Crippen molar-refractivity contribution in [3.05, 3.63) is 59.1 Å². The predicted octanol–water partition coefficient (Wildman–Crippen LogP) is 6.11. The summed E-state index contributed by atoms with van der Waals surface area (Å²) in [6, 6.07) is 16.0. The number of nitrogens with zero attached hydrogens (tertiary/aromatic N) is 3. The highest BCUT2D eigenvalue weighted by Gasteiger charge is 2.42. The number of carbonyl (C=O) groups excluding carboxylic acids is 2. The molecule has 0 aromatic heterocycles. The maximum absolute atomic E-state index is 12.7. The Labute approximate surface area is 235 Å². The SMILES string of the molecule is CC(C)(C)OC(=O)N1C[C@H]2CC[C@@H](C1)N2c1cc(Cl)cc(OC2CCN(C(=O)OCc3ccccc3)CC2)c1. The first kappa shape index (κ1) is 27.4. The van der Waals surface area contributed by atoms with Gasteiger partial charge < -0.3 is 28.9 Å². The van der Waals surface area contributed by atoms with Crippen LogP contribution in [0.25, 0.3) is 0 Å². The molecule has 39 heavy (non-hydrogen) atoms. The highest BCUT2D eigenvalue weighted by atomic mass is 35.5. The average Bonchev–Trinajstić information content (AvgIpc) is 3.16. The molecule has 3 aliphatic heterocycles. The first-order chi connectivity index (χ1) is 18.6. The van der Waals surface area contributed by atoms with Gasteiger partial charge in [0.15, 0.2) is 0 Å². The van der Waals surface area contributed by atoms with E-state index < -0.39 is 5.60 Å². The lowest BCUT2D eigenvalue weighted by Crippen LogP contribution is -2.56. The molecule has 3 saturated heterocycles. The monoisotopic (exact) mass is 555 g/mol. The molecule has 3 heterocycles. The molecule has 2 amide bonds. The van der Waals surface area contributed by atoms with Crippen LogP contribution in [0.2, 0.25) is 5.02 Å². The van der Waals surface area contributed by atoms with Gasteiger partial charge in [-0.2, -0.15) is 0 Å². The van der Waals surface area contributed by atoms with Crippen LogP contribution < -0.4 is 9.64 Å². The fourth-order valence-corrected chi connectivity index (χ4v) is 5.94. The molecule has 3 fully saturated rings. The number of anilines is 1. The Morgan fingerprint density at radius 1 is 0.897 bits per heavy atom. The number of hydrogen-bond donors (Lipinski definition) is 0. The second-order valence-corrected chi connectivity index (χ2v) is 12.1. The van der Waals surface area contributed by atoms with Crippen LogP contribution in [-0.2, 0) is 16.1 Å². The van der Waals surface area contributed by atoms with Gasteiger partial charge in [0.25, 0.3) is 0 Å². The fourth-order valence-electron chi connectivity index (χ4n) is 5.72. The number of rotatable bonds is 5. The molecule has 0 aliphatic carbocycles. The van der Waals surface area contributed by atoms with E-state index in [0.29, 0.717) is 31.2 Å². The summed E-state index contributed by atoms with van der Waals surface area (Å²) in [5.74, 6) is 0.733. The minimum atomic E-state index is -0.509. The second kappa shape index (κ2) is 11.5. The van der Waals surface area contributed by atoms with Gasteiger partial charge in [-0.25, -0.2) is 9.59 Å². The molecule has 2 bridgehead atoms. The first-order valence-corrected chi connectivity index (χ1v) is 14.2. The number of halogens is 1. The van der Waals surface area contributed by atoms with Crippen molar-refractivity contribution in [1.29, 1.82) is 0 Å². The number of fused-ring (bicyclic) bond motifs is 2. The molecular formula is C30H38ClN3O5. The number of carbonyl (C=O) groups is 2. The van der Waals surface area contributed by atoms with E-state index in [1.807, 2.05) is 68.1 Å². The van der Waals surface area contributed by atoms with Gasteiger partial charge in [0.2, 0.25) is 0 Å². The largest absolute Gasteiger partial charge is 0.490 e. The van der Waals surface area contributed by atoms with Crippen LogP contribution in [0.15, 0.2) is 48.5 Å². The third kappa shape index (κ3) is 6.90. The van der Waals surface area contributed by atoms with Crippen LogP contribution in [-0.4, -0.2) is 72.0 Å². The number of benzene rings is 2. The second-order valence-electron chi connectivity index (χ2n) is 11.7. The molecule has 0 saturated carbocycles. The van der Waals surface area contributed by atoms with E-state index in [0.717, 1.165) is 42.7 Å². The summed E-state index contributed by atoms with van der Waals surface area (Å²) in [5.41, 5.74) is 1.49. The van der Waals surface area contributed by atoms with Crippen LogP contribution in [0.4, 0.5) is 15.3 Å². The van der Waals surface area contributed by atoms with Gasteiger partial charge in [0.1, 0.15) is 24.1 Å². The van der Waals surface area contributed by atoms with Gasteiger partial charge in [-0.3, -0.25) is 0 Å². The molecule has 5 rings (SSSR count). The van der Waals surface area contributed by atoms with Crippen molar-refractivity contribution in [1.82, 2.24) is 9.80 Å². The Balaban J connectivity index is 1.15. The first-order valence-electron chi connectivity index (χ1n) is 13.8.